The second-order valence-corrected chi connectivity index (χ2v) is 5.22. The number of amides is 1. The van der Waals surface area contributed by atoms with Crippen molar-refractivity contribution in [3.05, 3.63) is 28.8 Å². The zero-order chi connectivity index (χ0) is 15.2. The Balaban J connectivity index is 1.84. The lowest BCUT2D eigenvalue weighted by Crippen LogP contribution is -2.34. The predicted octanol–water partition coefficient (Wildman–Crippen LogP) is 1.75. The van der Waals surface area contributed by atoms with Crippen molar-refractivity contribution in [1.82, 2.24) is 5.32 Å². The number of hydrogen-bond acceptors (Lipinski definition) is 4. The highest BCUT2D eigenvalue weighted by atomic mass is 35.5. The fourth-order valence-corrected chi connectivity index (χ4v) is 2.38. The molecule has 114 valence electrons. The van der Waals surface area contributed by atoms with Gasteiger partial charge in [-0.15, -0.1) is 0 Å². The van der Waals surface area contributed by atoms with Gasteiger partial charge < -0.3 is 20.5 Å². The molecule has 3 N–H and O–H groups in total. The van der Waals surface area contributed by atoms with Crippen LogP contribution in [0.1, 0.15) is 23.2 Å². The third-order valence-electron chi connectivity index (χ3n) is 3.22. The van der Waals surface area contributed by atoms with Crippen molar-refractivity contribution >= 4 is 29.2 Å². The number of carbonyl (C=O) groups is 2. The Kier molecular flexibility index (Phi) is 5.55. The molecule has 1 aliphatic rings. The van der Waals surface area contributed by atoms with Crippen LogP contribution in [0.2, 0.25) is 5.02 Å². The summed E-state index contributed by atoms with van der Waals surface area (Å²) < 4.78 is 5.53. The molecule has 0 aliphatic carbocycles. The fraction of sp³-hybridized carbons (Fsp3) is 0.429. The number of ether oxygens (including phenoxy) is 1. The van der Waals surface area contributed by atoms with E-state index in [1.54, 1.807) is 0 Å². The summed E-state index contributed by atoms with van der Waals surface area (Å²) in [7, 11) is 0. The Morgan fingerprint density at radius 1 is 1.38 bits per heavy atom. The molecule has 0 spiro atoms. The molecule has 0 unspecified atom stereocenters. The highest BCUT2D eigenvalue weighted by molar-refractivity contribution is 6.33. The summed E-state index contributed by atoms with van der Waals surface area (Å²) in [6.45, 7) is 1.78. The predicted molar refractivity (Wildman–Crippen MR) is 78.9 cm³/mol. The van der Waals surface area contributed by atoms with E-state index in [9.17, 15) is 9.59 Å². The number of nitrogens with one attached hydrogen (secondary N) is 2. The second kappa shape index (κ2) is 7.40. The van der Waals surface area contributed by atoms with E-state index in [1.165, 1.54) is 18.2 Å². The maximum absolute atomic E-state index is 11.8. The summed E-state index contributed by atoms with van der Waals surface area (Å²) in [5.41, 5.74) is 0.449. The van der Waals surface area contributed by atoms with E-state index >= 15 is 0 Å². The van der Waals surface area contributed by atoms with Crippen LogP contribution in [0.3, 0.4) is 0 Å². The number of carboxylic acids is 1. The lowest BCUT2D eigenvalue weighted by Gasteiger charge is -2.22. The van der Waals surface area contributed by atoms with Gasteiger partial charge >= 0.3 is 5.97 Å². The van der Waals surface area contributed by atoms with Crippen LogP contribution in [0.25, 0.3) is 0 Å². The molecule has 0 radical (unpaired) electrons. The average Bonchev–Trinajstić information content (AvgIpc) is 2.46. The number of aromatic carboxylic acids is 1. The van der Waals surface area contributed by atoms with Crippen LogP contribution in [0, 0.1) is 0 Å². The van der Waals surface area contributed by atoms with Crippen molar-refractivity contribution in [3.63, 3.8) is 0 Å². The molecule has 1 heterocycles. The second-order valence-electron chi connectivity index (χ2n) is 4.81. The van der Waals surface area contributed by atoms with Gasteiger partial charge in [0.05, 0.1) is 16.7 Å². The third-order valence-corrected chi connectivity index (χ3v) is 3.53. The summed E-state index contributed by atoms with van der Waals surface area (Å²) in [6.07, 6.45) is 1.90. The first kappa shape index (κ1) is 15.8. The molecular weight excluding hydrogens is 296 g/mol. The summed E-state index contributed by atoms with van der Waals surface area (Å²) >= 11 is 5.84. The van der Waals surface area contributed by atoms with Gasteiger partial charge in [0, 0.05) is 5.69 Å². The lowest BCUT2D eigenvalue weighted by atomic mass is 10.1. The largest absolute Gasteiger partial charge is 0.478 e. The van der Waals surface area contributed by atoms with E-state index in [4.69, 9.17) is 21.4 Å². The number of hydrogen-bond donors (Lipinski definition) is 3. The number of halogens is 1. The fourth-order valence-electron chi connectivity index (χ4n) is 2.12. The Hall–Kier alpha value is -1.63. The number of anilines is 1. The van der Waals surface area contributed by atoms with Crippen LogP contribution in [0.5, 0.6) is 0 Å². The minimum absolute atomic E-state index is 0.000575. The monoisotopic (exact) mass is 312 g/mol. The molecular formula is C14H17ClN2O4. The Morgan fingerprint density at radius 2 is 2.10 bits per heavy atom. The van der Waals surface area contributed by atoms with Crippen molar-refractivity contribution in [2.24, 2.45) is 0 Å². The molecule has 0 bridgehead atoms. The minimum atomic E-state index is -1.10. The number of piperidine rings is 1. The first-order chi connectivity index (χ1) is 10.1. The van der Waals surface area contributed by atoms with E-state index < -0.39 is 5.97 Å². The Bertz CT molecular complexity index is 530. The third kappa shape index (κ3) is 4.70. The molecule has 1 aromatic rings. The number of benzene rings is 1. The summed E-state index contributed by atoms with van der Waals surface area (Å²) in [4.78, 5) is 22.6. The molecule has 0 saturated carbocycles. The normalized spacial score (nSPS) is 15.7. The summed E-state index contributed by atoms with van der Waals surface area (Å²) in [6, 6.07) is 4.26. The van der Waals surface area contributed by atoms with E-state index in [0.29, 0.717) is 5.69 Å². The van der Waals surface area contributed by atoms with Crippen LogP contribution < -0.4 is 10.6 Å². The van der Waals surface area contributed by atoms with Gasteiger partial charge in [-0.2, -0.15) is 0 Å². The topological polar surface area (TPSA) is 87.7 Å². The molecule has 6 nitrogen and oxygen atoms in total. The Labute approximate surface area is 127 Å². The van der Waals surface area contributed by atoms with E-state index in [-0.39, 0.29) is 29.2 Å². The highest BCUT2D eigenvalue weighted by Crippen LogP contribution is 2.21. The summed E-state index contributed by atoms with van der Waals surface area (Å²) in [5.74, 6) is -1.39. The number of rotatable bonds is 5. The molecule has 21 heavy (non-hydrogen) atoms. The number of carboxylic acid groups (broad SMARTS) is 1. The van der Waals surface area contributed by atoms with Crippen molar-refractivity contribution in [2.75, 3.05) is 25.0 Å². The average molecular weight is 313 g/mol. The molecule has 0 atom stereocenters. The minimum Gasteiger partial charge on any atom is -0.478 e. The molecule has 1 aromatic carbocycles. The maximum Gasteiger partial charge on any atom is 0.337 e. The van der Waals surface area contributed by atoms with Gasteiger partial charge in [-0.1, -0.05) is 11.6 Å². The first-order valence-electron chi connectivity index (χ1n) is 6.71. The molecule has 1 amide bonds. The summed E-state index contributed by atoms with van der Waals surface area (Å²) in [5, 5.41) is 14.8. The molecule has 0 aromatic heterocycles. The molecule has 1 fully saturated rings. The molecule has 1 aliphatic heterocycles. The first-order valence-corrected chi connectivity index (χ1v) is 7.09. The van der Waals surface area contributed by atoms with E-state index in [0.717, 1.165) is 25.9 Å². The van der Waals surface area contributed by atoms with Crippen molar-refractivity contribution in [1.29, 1.82) is 0 Å². The van der Waals surface area contributed by atoms with Crippen molar-refractivity contribution in [3.8, 4) is 0 Å². The zero-order valence-corrected chi connectivity index (χ0v) is 12.2. The van der Waals surface area contributed by atoms with E-state index in [2.05, 4.69) is 10.6 Å². The van der Waals surface area contributed by atoms with Gasteiger partial charge in [0.15, 0.2) is 0 Å². The van der Waals surface area contributed by atoms with Crippen LogP contribution in [-0.4, -0.2) is 42.8 Å². The molecule has 7 heteroatoms. The van der Waals surface area contributed by atoms with Gasteiger partial charge in [0.25, 0.3) is 0 Å². The highest BCUT2D eigenvalue weighted by Gasteiger charge is 2.15. The van der Waals surface area contributed by atoms with Gasteiger partial charge in [-0.3, -0.25) is 4.79 Å². The van der Waals surface area contributed by atoms with E-state index in [1.807, 2.05) is 0 Å². The van der Waals surface area contributed by atoms with Gasteiger partial charge in [-0.05, 0) is 44.1 Å². The van der Waals surface area contributed by atoms with Crippen LogP contribution in [0.15, 0.2) is 18.2 Å². The van der Waals surface area contributed by atoms with Crippen LogP contribution in [0.4, 0.5) is 5.69 Å². The van der Waals surface area contributed by atoms with Crippen LogP contribution in [-0.2, 0) is 9.53 Å². The van der Waals surface area contributed by atoms with Crippen molar-refractivity contribution < 1.29 is 19.4 Å². The van der Waals surface area contributed by atoms with Crippen LogP contribution >= 0.6 is 11.6 Å². The van der Waals surface area contributed by atoms with Gasteiger partial charge in [-0.25, -0.2) is 4.79 Å². The lowest BCUT2D eigenvalue weighted by molar-refractivity contribution is -0.123. The van der Waals surface area contributed by atoms with Gasteiger partial charge in [0.1, 0.15) is 6.61 Å². The Morgan fingerprint density at radius 3 is 2.71 bits per heavy atom. The SMILES string of the molecule is O=C(COC1CCNCC1)Nc1ccc(C(=O)O)c(Cl)c1. The standard InChI is InChI=1S/C14H17ClN2O4/c15-12-7-9(1-2-11(12)14(19)20)17-13(18)8-21-10-3-5-16-6-4-10/h1-2,7,10,16H,3-6,8H2,(H,17,18)(H,19,20). The quantitative estimate of drug-likeness (QED) is 0.771. The number of carbonyl (C=O) groups excluding carboxylic acids is 1. The molecule has 1 saturated heterocycles. The van der Waals surface area contributed by atoms with Crippen molar-refractivity contribution in [2.45, 2.75) is 18.9 Å². The zero-order valence-electron chi connectivity index (χ0n) is 11.4. The smallest absolute Gasteiger partial charge is 0.337 e. The van der Waals surface area contributed by atoms with Gasteiger partial charge in [0.2, 0.25) is 5.91 Å². The molecule has 2 rings (SSSR count). The maximum atomic E-state index is 11.8.